The number of hydrogen-bond donors (Lipinski definition) is 1. The highest BCUT2D eigenvalue weighted by atomic mass is 35.5. The van der Waals surface area contributed by atoms with Gasteiger partial charge in [-0.3, -0.25) is 0 Å². The third kappa shape index (κ3) is 2.16. The van der Waals surface area contributed by atoms with Crippen LogP contribution in [-0.2, 0) is 6.42 Å². The molecule has 0 aromatic heterocycles. The molecule has 0 heterocycles. The fourth-order valence-electron chi connectivity index (χ4n) is 0.930. The normalized spacial score (nSPS) is 9.83. The second kappa shape index (κ2) is 3.83. The molecular formula is C9H9Cl2N. The van der Waals surface area contributed by atoms with E-state index in [1.165, 1.54) is 0 Å². The maximum Gasteiger partial charge on any atom is 0.0628 e. The Labute approximate surface area is 81.8 Å². The maximum absolute atomic E-state index is 5.91. The molecule has 0 saturated carbocycles. The Morgan fingerprint density at radius 1 is 1.42 bits per heavy atom. The van der Waals surface area contributed by atoms with Crippen LogP contribution in [0, 0.1) is 0 Å². The molecule has 12 heavy (non-hydrogen) atoms. The first-order valence-corrected chi connectivity index (χ1v) is 4.23. The molecule has 2 N–H and O–H groups in total. The molecule has 1 aromatic carbocycles. The molecule has 0 aliphatic heterocycles. The summed E-state index contributed by atoms with van der Waals surface area (Å²) in [6, 6.07) is 5.46. The second-order valence-electron chi connectivity index (χ2n) is 2.55. The van der Waals surface area contributed by atoms with Gasteiger partial charge in [-0.05, 0) is 11.6 Å². The number of rotatable bonds is 2. The lowest BCUT2D eigenvalue weighted by atomic mass is 10.1. The van der Waals surface area contributed by atoms with Gasteiger partial charge in [0.25, 0.3) is 0 Å². The molecule has 0 amide bonds. The summed E-state index contributed by atoms with van der Waals surface area (Å²) < 4.78 is 0. The van der Waals surface area contributed by atoms with Crippen molar-refractivity contribution < 1.29 is 0 Å². The summed E-state index contributed by atoms with van der Waals surface area (Å²) in [5.41, 5.74) is 6.94. The molecule has 1 aromatic rings. The van der Waals surface area contributed by atoms with Crippen LogP contribution in [0.3, 0.4) is 0 Å². The van der Waals surface area contributed by atoms with Crippen LogP contribution in [0.2, 0.25) is 10.0 Å². The highest BCUT2D eigenvalue weighted by Crippen LogP contribution is 2.26. The van der Waals surface area contributed by atoms with Crippen molar-refractivity contribution >= 4 is 23.2 Å². The molecule has 0 spiro atoms. The van der Waals surface area contributed by atoms with E-state index in [-0.39, 0.29) is 0 Å². The predicted molar refractivity (Wildman–Crippen MR) is 53.5 cm³/mol. The Hall–Kier alpha value is -0.660. The Morgan fingerprint density at radius 2 is 2.08 bits per heavy atom. The van der Waals surface area contributed by atoms with Gasteiger partial charge in [-0.15, -0.1) is 0 Å². The van der Waals surface area contributed by atoms with Crippen molar-refractivity contribution in [1.82, 2.24) is 0 Å². The molecule has 0 aliphatic rings. The Balaban J connectivity index is 3.00. The third-order valence-electron chi connectivity index (χ3n) is 1.45. The molecule has 0 bridgehead atoms. The van der Waals surface area contributed by atoms with E-state index in [9.17, 15) is 0 Å². The topological polar surface area (TPSA) is 26.0 Å². The molecule has 64 valence electrons. The van der Waals surface area contributed by atoms with Crippen molar-refractivity contribution in [2.24, 2.45) is 5.73 Å². The number of allylic oxidation sites excluding steroid dienone is 1. The van der Waals surface area contributed by atoms with Crippen LogP contribution < -0.4 is 5.73 Å². The average Bonchev–Trinajstić information content (AvgIpc) is 1.98. The van der Waals surface area contributed by atoms with Crippen LogP contribution in [-0.4, -0.2) is 0 Å². The molecule has 0 radical (unpaired) electrons. The second-order valence-corrected chi connectivity index (χ2v) is 3.33. The summed E-state index contributed by atoms with van der Waals surface area (Å²) in [5.74, 6) is 0. The smallest absolute Gasteiger partial charge is 0.0628 e. The minimum Gasteiger partial charge on any atom is -0.402 e. The average molecular weight is 202 g/mol. The first kappa shape index (κ1) is 9.43. The zero-order valence-corrected chi connectivity index (χ0v) is 7.99. The van der Waals surface area contributed by atoms with Gasteiger partial charge in [0.1, 0.15) is 0 Å². The van der Waals surface area contributed by atoms with E-state index < -0.39 is 0 Å². The van der Waals surface area contributed by atoms with Crippen LogP contribution in [0.5, 0.6) is 0 Å². The maximum atomic E-state index is 5.91. The van der Waals surface area contributed by atoms with Gasteiger partial charge in [-0.1, -0.05) is 41.9 Å². The molecule has 0 fully saturated rings. The number of hydrogen-bond acceptors (Lipinski definition) is 1. The first-order valence-electron chi connectivity index (χ1n) is 3.47. The lowest BCUT2D eigenvalue weighted by Crippen LogP contribution is -1.99. The summed E-state index contributed by atoms with van der Waals surface area (Å²) in [6.07, 6.45) is 0.569. The summed E-state index contributed by atoms with van der Waals surface area (Å²) >= 11 is 11.7. The molecule has 1 rings (SSSR count). The van der Waals surface area contributed by atoms with Crippen LogP contribution in [0.15, 0.2) is 30.5 Å². The number of halogens is 2. The largest absolute Gasteiger partial charge is 0.402 e. The van der Waals surface area contributed by atoms with Crippen molar-refractivity contribution in [1.29, 1.82) is 0 Å². The van der Waals surface area contributed by atoms with Gasteiger partial charge < -0.3 is 5.73 Å². The van der Waals surface area contributed by atoms with Gasteiger partial charge in [0.05, 0.1) is 10.0 Å². The molecule has 0 unspecified atom stereocenters. The van der Waals surface area contributed by atoms with Crippen molar-refractivity contribution in [3.8, 4) is 0 Å². The van der Waals surface area contributed by atoms with E-state index >= 15 is 0 Å². The zero-order valence-electron chi connectivity index (χ0n) is 6.48. The van der Waals surface area contributed by atoms with Crippen molar-refractivity contribution in [3.05, 3.63) is 46.1 Å². The van der Waals surface area contributed by atoms with Gasteiger partial charge in [-0.2, -0.15) is 0 Å². The monoisotopic (exact) mass is 201 g/mol. The lowest BCUT2D eigenvalue weighted by Gasteiger charge is -2.04. The fourth-order valence-corrected chi connectivity index (χ4v) is 1.32. The Bertz CT molecular complexity index is 307. The summed E-state index contributed by atoms with van der Waals surface area (Å²) in [6.45, 7) is 3.60. The van der Waals surface area contributed by atoms with Gasteiger partial charge in [0.2, 0.25) is 0 Å². The first-order chi connectivity index (χ1) is 5.61. The fraction of sp³-hybridized carbons (Fsp3) is 0.111. The lowest BCUT2D eigenvalue weighted by molar-refractivity contribution is 1.12. The van der Waals surface area contributed by atoms with Crippen LogP contribution >= 0.6 is 23.2 Å². The van der Waals surface area contributed by atoms with Crippen LogP contribution in [0.25, 0.3) is 0 Å². The molecular weight excluding hydrogens is 193 g/mol. The number of benzene rings is 1. The highest BCUT2D eigenvalue weighted by Gasteiger charge is 2.03. The predicted octanol–water partition coefficient (Wildman–Crippen LogP) is 3.01. The zero-order chi connectivity index (χ0) is 9.14. The minimum atomic E-state index is 0.551. The summed E-state index contributed by atoms with van der Waals surface area (Å²) in [7, 11) is 0. The summed E-state index contributed by atoms with van der Waals surface area (Å²) in [5, 5.41) is 1.11. The number of nitrogens with two attached hydrogens (primary N) is 1. The Kier molecular flexibility index (Phi) is 3.01. The molecule has 0 saturated heterocycles. The van der Waals surface area contributed by atoms with Gasteiger partial charge in [-0.25, -0.2) is 0 Å². The molecule has 3 heteroatoms. The highest BCUT2D eigenvalue weighted by molar-refractivity contribution is 6.42. The van der Waals surface area contributed by atoms with Crippen molar-refractivity contribution in [3.63, 3.8) is 0 Å². The Morgan fingerprint density at radius 3 is 2.67 bits per heavy atom. The van der Waals surface area contributed by atoms with E-state index in [4.69, 9.17) is 28.9 Å². The van der Waals surface area contributed by atoms with Crippen LogP contribution in [0.1, 0.15) is 5.56 Å². The van der Waals surface area contributed by atoms with E-state index in [2.05, 4.69) is 6.58 Å². The standard InChI is InChI=1S/C9H9Cl2N/c1-6(12)5-7-3-2-4-8(10)9(7)11/h2-4H,1,5,12H2. The minimum absolute atomic E-state index is 0.551. The molecule has 1 nitrogen and oxygen atoms in total. The third-order valence-corrected chi connectivity index (χ3v) is 2.31. The van der Waals surface area contributed by atoms with Crippen molar-refractivity contribution in [2.45, 2.75) is 6.42 Å². The SMILES string of the molecule is C=C(N)Cc1cccc(Cl)c1Cl. The van der Waals surface area contributed by atoms with Crippen molar-refractivity contribution in [2.75, 3.05) is 0 Å². The molecule has 0 atom stereocenters. The van der Waals surface area contributed by atoms with Gasteiger partial charge >= 0.3 is 0 Å². The van der Waals surface area contributed by atoms with E-state index in [0.29, 0.717) is 22.2 Å². The molecule has 0 aliphatic carbocycles. The quantitative estimate of drug-likeness (QED) is 0.783. The van der Waals surface area contributed by atoms with E-state index in [0.717, 1.165) is 5.56 Å². The summed E-state index contributed by atoms with van der Waals surface area (Å²) in [4.78, 5) is 0. The van der Waals surface area contributed by atoms with Gasteiger partial charge in [0, 0.05) is 12.1 Å². The van der Waals surface area contributed by atoms with Gasteiger partial charge in [0.15, 0.2) is 0 Å². The van der Waals surface area contributed by atoms with E-state index in [1.807, 2.05) is 12.1 Å². The van der Waals surface area contributed by atoms with Crippen LogP contribution in [0.4, 0.5) is 0 Å². The van der Waals surface area contributed by atoms with E-state index in [1.54, 1.807) is 6.07 Å².